The van der Waals surface area contributed by atoms with Crippen molar-refractivity contribution in [1.82, 2.24) is 5.32 Å². The molecule has 0 bridgehead atoms. The number of ether oxygens (including phenoxy) is 3. The molecule has 0 unspecified atom stereocenters. The van der Waals surface area contributed by atoms with Crippen LogP contribution < -0.4 is 5.32 Å². The van der Waals surface area contributed by atoms with E-state index in [2.05, 4.69) is 19.2 Å². The highest BCUT2D eigenvalue weighted by Crippen LogP contribution is 2.23. The SMILES string of the molecule is CN[C@@H](Cc1ccccc1)C(=O)OCCC1OCC(C)(C)CO1. The van der Waals surface area contributed by atoms with Gasteiger partial charge in [0.15, 0.2) is 6.29 Å². The van der Waals surface area contributed by atoms with Gasteiger partial charge in [-0.2, -0.15) is 0 Å². The van der Waals surface area contributed by atoms with E-state index in [-0.39, 0.29) is 23.7 Å². The molecule has 5 heteroatoms. The third-order valence-corrected chi connectivity index (χ3v) is 3.83. The first-order valence-electron chi connectivity index (χ1n) is 8.11. The van der Waals surface area contributed by atoms with Gasteiger partial charge in [-0.1, -0.05) is 44.2 Å². The van der Waals surface area contributed by atoms with E-state index in [9.17, 15) is 4.79 Å². The van der Waals surface area contributed by atoms with Crippen LogP contribution in [0.1, 0.15) is 25.8 Å². The molecular weight excluding hydrogens is 294 g/mol. The molecule has 128 valence electrons. The van der Waals surface area contributed by atoms with Gasteiger partial charge in [0.05, 0.1) is 19.8 Å². The Hall–Kier alpha value is -1.43. The predicted molar refractivity (Wildman–Crippen MR) is 88.0 cm³/mol. The summed E-state index contributed by atoms with van der Waals surface area (Å²) in [6, 6.07) is 9.55. The van der Waals surface area contributed by atoms with Crippen LogP contribution in [0, 0.1) is 5.41 Å². The number of hydrogen-bond donors (Lipinski definition) is 1. The lowest BCUT2D eigenvalue weighted by molar-refractivity contribution is -0.227. The zero-order valence-corrected chi connectivity index (χ0v) is 14.2. The second-order valence-electron chi connectivity index (χ2n) is 6.70. The van der Waals surface area contributed by atoms with Gasteiger partial charge in [-0.05, 0) is 19.0 Å². The van der Waals surface area contributed by atoms with E-state index in [1.54, 1.807) is 7.05 Å². The molecule has 1 aromatic rings. The summed E-state index contributed by atoms with van der Waals surface area (Å²) < 4.78 is 16.6. The van der Waals surface area contributed by atoms with Crippen LogP contribution in [0.3, 0.4) is 0 Å². The van der Waals surface area contributed by atoms with Gasteiger partial charge in [0.25, 0.3) is 0 Å². The number of carbonyl (C=O) groups excluding carboxylic acids is 1. The molecule has 0 radical (unpaired) electrons. The molecule has 1 heterocycles. The van der Waals surface area contributed by atoms with Gasteiger partial charge >= 0.3 is 5.97 Å². The Morgan fingerprint density at radius 1 is 1.30 bits per heavy atom. The van der Waals surface area contributed by atoms with E-state index in [0.717, 1.165) is 5.56 Å². The lowest BCUT2D eigenvalue weighted by atomic mass is 9.95. The molecule has 0 amide bonds. The topological polar surface area (TPSA) is 56.8 Å². The Bertz CT molecular complexity index is 479. The molecule has 1 aliphatic heterocycles. The maximum absolute atomic E-state index is 12.2. The number of nitrogens with one attached hydrogen (secondary N) is 1. The zero-order valence-electron chi connectivity index (χ0n) is 14.2. The van der Waals surface area contributed by atoms with Crippen LogP contribution in [0.25, 0.3) is 0 Å². The number of rotatable bonds is 7. The molecule has 1 N–H and O–H groups in total. The monoisotopic (exact) mass is 321 g/mol. The quantitative estimate of drug-likeness (QED) is 0.780. The highest BCUT2D eigenvalue weighted by molar-refractivity contribution is 5.76. The average Bonchev–Trinajstić information content (AvgIpc) is 2.55. The Labute approximate surface area is 138 Å². The summed E-state index contributed by atoms with van der Waals surface area (Å²) in [5.41, 5.74) is 1.16. The summed E-state index contributed by atoms with van der Waals surface area (Å²) in [7, 11) is 1.77. The zero-order chi connectivity index (χ0) is 16.7. The van der Waals surface area contributed by atoms with Crippen LogP contribution in [0.5, 0.6) is 0 Å². The molecule has 1 atom stereocenters. The summed E-state index contributed by atoms with van der Waals surface area (Å²) in [5.74, 6) is -0.243. The first-order valence-corrected chi connectivity index (χ1v) is 8.11. The molecule has 23 heavy (non-hydrogen) atoms. The van der Waals surface area contributed by atoms with Gasteiger partial charge in [0.1, 0.15) is 6.04 Å². The number of hydrogen-bond acceptors (Lipinski definition) is 5. The highest BCUT2D eigenvalue weighted by atomic mass is 16.7. The fourth-order valence-corrected chi connectivity index (χ4v) is 2.40. The van der Waals surface area contributed by atoms with E-state index >= 15 is 0 Å². The fraction of sp³-hybridized carbons (Fsp3) is 0.611. The molecule has 1 aliphatic rings. The molecular formula is C18H27NO4. The lowest BCUT2D eigenvalue weighted by Gasteiger charge is -2.34. The normalized spacial score (nSPS) is 19.3. The molecule has 0 aromatic heterocycles. The molecule has 0 saturated carbocycles. The van der Waals surface area contributed by atoms with Gasteiger partial charge in [-0.25, -0.2) is 0 Å². The maximum Gasteiger partial charge on any atom is 0.323 e. The minimum atomic E-state index is -0.343. The van der Waals surface area contributed by atoms with Gasteiger partial charge in [-0.3, -0.25) is 4.79 Å². The maximum atomic E-state index is 12.2. The van der Waals surface area contributed by atoms with E-state index < -0.39 is 0 Å². The Morgan fingerprint density at radius 2 is 1.96 bits per heavy atom. The van der Waals surface area contributed by atoms with Crippen LogP contribution in [0.2, 0.25) is 0 Å². The molecule has 0 aliphatic carbocycles. The summed E-state index contributed by atoms with van der Waals surface area (Å²) in [6.07, 6.45) is 0.891. The van der Waals surface area contributed by atoms with Crippen molar-refractivity contribution in [3.63, 3.8) is 0 Å². The van der Waals surface area contributed by atoms with Crippen LogP contribution in [-0.4, -0.2) is 45.2 Å². The molecule has 5 nitrogen and oxygen atoms in total. The van der Waals surface area contributed by atoms with Crippen molar-refractivity contribution in [2.45, 2.75) is 39.0 Å². The molecule has 1 aromatic carbocycles. The van der Waals surface area contributed by atoms with Gasteiger partial charge < -0.3 is 19.5 Å². The van der Waals surface area contributed by atoms with E-state index in [1.807, 2.05) is 30.3 Å². The highest BCUT2D eigenvalue weighted by Gasteiger charge is 2.28. The van der Waals surface area contributed by atoms with E-state index in [4.69, 9.17) is 14.2 Å². The summed E-state index contributed by atoms with van der Waals surface area (Å²) in [6.45, 7) is 5.84. The van der Waals surface area contributed by atoms with Crippen LogP contribution in [0.4, 0.5) is 0 Å². The fourth-order valence-electron chi connectivity index (χ4n) is 2.40. The van der Waals surface area contributed by atoms with Crippen molar-refractivity contribution in [2.75, 3.05) is 26.9 Å². The molecule has 0 spiro atoms. The number of esters is 1. The average molecular weight is 321 g/mol. The van der Waals surface area contributed by atoms with Crippen LogP contribution in [-0.2, 0) is 25.4 Å². The predicted octanol–water partition coefficient (Wildman–Crippen LogP) is 2.15. The van der Waals surface area contributed by atoms with Gasteiger partial charge in [0.2, 0.25) is 0 Å². The number of carbonyl (C=O) groups is 1. The van der Waals surface area contributed by atoms with Crippen molar-refractivity contribution < 1.29 is 19.0 Å². The second kappa shape index (κ2) is 8.43. The minimum Gasteiger partial charge on any atom is -0.464 e. The molecule has 2 rings (SSSR count). The van der Waals surface area contributed by atoms with Crippen molar-refractivity contribution in [3.8, 4) is 0 Å². The number of likely N-dealkylation sites (N-methyl/N-ethyl adjacent to an activating group) is 1. The van der Waals surface area contributed by atoms with Gasteiger partial charge in [0, 0.05) is 11.8 Å². The summed E-state index contributed by atoms with van der Waals surface area (Å²) in [5, 5.41) is 3.01. The first kappa shape index (κ1) is 17.9. The van der Waals surface area contributed by atoms with E-state index in [0.29, 0.717) is 32.7 Å². The number of benzene rings is 1. The smallest absolute Gasteiger partial charge is 0.323 e. The third-order valence-electron chi connectivity index (χ3n) is 3.83. The molecule has 1 saturated heterocycles. The van der Waals surface area contributed by atoms with Crippen molar-refractivity contribution >= 4 is 5.97 Å². The van der Waals surface area contributed by atoms with Crippen molar-refractivity contribution in [2.24, 2.45) is 5.41 Å². The van der Waals surface area contributed by atoms with Crippen molar-refractivity contribution in [3.05, 3.63) is 35.9 Å². The third kappa shape index (κ3) is 5.94. The Morgan fingerprint density at radius 3 is 2.57 bits per heavy atom. The van der Waals surface area contributed by atoms with Gasteiger partial charge in [-0.15, -0.1) is 0 Å². The minimum absolute atomic E-state index is 0.0556. The second-order valence-corrected chi connectivity index (χ2v) is 6.70. The van der Waals surface area contributed by atoms with Crippen LogP contribution in [0.15, 0.2) is 30.3 Å². The molecule has 1 fully saturated rings. The largest absolute Gasteiger partial charge is 0.464 e. The summed E-state index contributed by atoms with van der Waals surface area (Å²) in [4.78, 5) is 12.2. The lowest BCUT2D eigenvalue weighted by Crippen LogP contribution is -2.40. The Balaban J connectivity index is 1.71. The van der Waals surface area contributed by atoms with Crippen molar-refractivity contribution in [1.29, 1.82) is 0 Å². The van der Waals surface area contributed by atoms with Crippen LogP contribution >= 0.6 is 0 Å². The van der Waals surface area contributed by atoms with E-state index in [1.165, 1.54) is 0 Å². The summed E-state index contributed by atoms with van der Waals surface area (Å²) >= 11 is 0. The first-order chi connectivity index (χ1) is 11.0. The Kier molecular flexibility index (Phi) is 6.57. The standard InChI is InChI=1S/C18H27NO4/c1-18(2)12-22-16(23-13-18)9-10-21-17(20)15(19-3)11-14-7-5-4-6-8-14/h4-8,15-16,19H,9-13H2,1-3H3/t15-/m0/s1.